The summed E-state index contributed by atoms with van der Waals surface area (Å²) in [4.78, 5) is 48.4. The number of benzene rings is 2. The smallest absolute Gasteiger partial charge is 0.344 e. The molecule has 0 bridgehead atoms. The maximum absolute atomic E-state index is 12.8. The summed E-state index contributed by atoms with van der Waals surface area (Å²) in [5.41, 5.74) is 7.08. The number of urea groups is 2. The van der Waals surface area contributed by atoms with E-state index in [4.69, 9.17) is 5.73 Å². The van der Waals surface area contributed by atoms with Gasteiger partial charge in [0.15, 0.2) is 0 Å². The van der Waals surface area contributed by atoms with Crippen molar-refractivity contribution in [1.82, 2.24) is 15.8 Å². The van der Waals surface area contributed by atoms with E-state index < -0.39 is 29.4 Å². The van der Waals surface area contributed by atoms with Gasteiger partial charge in [-0.2, -0.15) is 5.01 Å². The first kappa shape index (κ1) is 17.9. The number of carbonyl (C=O) groups is 4. The maximum atomic E-state index is 12.8. The molecule has 2 aromatic rings. The van der Waals surface area contributed by atoms with E-state index in [1.54, 1.807) is 43.3 Å². The van der Waals surface area contributed by atoms with E-state index in [2.05, 4.69) is 16.1 Å². The van der Waals surface area contributed by atoms with E-state index in [1.807, 2.05) is 0 Å². The molecule has 0 radical (unpaired) electrons. The van der Waals surface area contributed by atoms with Crippen LogP contribution in [0.15, 0.2) is 54.6 Å². The Bertz CT molecular complexity index is 930. The Morgan fingerprint density at radius 1 is 1.07 bits per heavy atom. The summed E-state index contributed by atoms with van der Waals surface area (Å²) >= 11 is 0. The Kier molecular flexibility index (Phi) is 4.51. The Balaban J connectivity index is 1.80. The van der Waals surface area contributed by atoms with Crippen LogP contribution >= 0.6 is 0 Å². The molecule has 1 aliphatic heterocycles. The predicted molar refractivity (Wildman–Crippen MR) is 96.3 cm³/mol. The molecule has 5 N–H and O–H groups in total. The average Bonchev–Trinajstić information content (AvgIpc) is 2.86. The number of imide groups is 1. The van der Waals surface area contributed by atoms with Gasteiger partial charge in [0, 0.05) is 11.3 Å². The molecule has 9 heteroatoms. The Morgan fingerprint density at radius 2 is 1.78 bits per heavy atom. The van der Waals surface area contributed by atoms with Crippen molar-refractivity contribution in [3.8, 4) is 0 Å². The van der Waals surface area contributed by atoms with Crippen molar-refractivity contribution in [2.75, 3.05) is 5.32 Å². The van der Waals surface area contributed by atoms with Gasteiger partial charge >= 0.3 is 12.1 Å². The lowest BCUT2D eigenvalue weighted by Crippen LogP contribution is -2.47. The van der Waals surface area contributed by atoms with Crippen molar-refractivity contribution in [2.24, 2.45) is 5.73 Å². The lowest BCUT2D eigenvalue weighted by Gasteiger charge is -2.22. The average molecular weight is 367 g/mol. The van der Waals surface area contributed by atoms with Crippen LogP contribution in [0.1, 0.15) is 22.8 Å². The molecule has 9 nitrogen and oxygen atoms in total. The number of carbonyl (C=O) groups excluding carboxylic acids is 4. The summed E-state index contributed by atoms with van der Waals surface area (Å²) in [5.74, 6) is -1.30. The van der Waals surface area contributed by atoms with Gasteiger partial charge in [0.05, 0.1) is 0 Å². The molecule has 1 heterocycles. The van der Waals surface area contributed by atoms with Crippen molar-refractivity contribution < 1.29 is 19.2 Å². The predicted octanol–water partition coefficient (Wildman–Crippen LogP) is 1.29. The van der Waals surface area contributed by atoms with Crippen LogP contribution in [0.2, 0.25) is 0 Å². The highest BCUT2D eigenvalue weighted by Crippen LogP contribution is 2.27. The second kappa shape index (κ2) is 6.79. The van der Waals surface area contributed by atoms with E-state index in [0.717, 1.165) is 0 Å². The molecule has 1 saturated heterocycles. The number of primary amides is 1. The van der Waals surface area contributed by atoms with Crippen LogP contribution in [-0.2, 0) is 10.3 Å². The number of hydrogen-bond donors (Lipinski definition) is 4. The lowest BCUT2D eigenvalue weighted by molar-refractivity contribution is -0.132. The molecule has 0 spiro atoms. The number of nitrogens with two attached hydrogens (primary N) is 1. The zero-order valence-electron chi connectivity index (χ0n) is 14.4. The molecule has 0 aliphatic carbocycles. The van der Waals surface area contributed by atoms with Gasteiger partial charge < -0.3 is 16.4 Å². The monoisotopic (exact) mass is 367 g/mol. The summed E-state index contributed by atoms with van der Waals surface area (Å²) < 4.78 is 0. The van der Waals surface area contributed by atoms with Crippen molar-refractivity contribution in [3.63, 3.8) is 0 Å². The number of hydrogen-bond acceptors (Lipinski definition) is 4. The molecule has 2 aromatic carbocycles. The standard InChI is InChI=1S/C18H17N5O4/c1-18(12-7-3-2-4-8-12)15(25)23(17(27)21-18)22-14(24)11-6-5-9-13(10-11)20-16(19)26/h2-10H,1H3,(H,21,27)(H,22,24)(H3,19,20,26). The maximum Gasteiger partial charge on any atom is 0.344 e. The van der Waals surface area contributed by atoms with Crippen LogP contribution < -0.4 is 21.8 Å². The molecular weight excluding hydrogens is 350 g/mol. The Hall–Kier alpha value is -3.88. The van der Waals surface area contributed by atoms with E-state index in [-0.39, 0.29) is 5.56 Å². The minimum Gasteiger partial charge on any atom is -0.351 e. The largest absolute Gasteiger partial charge is 0.351 e. The fraction of sp³-hybridized carbons (Fsp3) is 0.111. The van der Waals surface area contributed by atoms with Crippen molar-refractivity contribution in [3.05, 3.63) is 65.7 Å². The minimum atomic E-state index is -1.29. The highest BCUT2D eigenvalue weighted by atomic mass is 16.2. The minimum absolute atomic E-state index is 0.134. The van der Waals surface area contributed by atoms with E-state index in [1.165, 1.54) is 18.2 Å². The molecule has 1 fully saturated rings. The molecule has 0 saturated carbocycles. The lowest BCUT2D eigenvalue weighted by atomic mass is 9.92. The number of nitrogens with zero attached hydrogens (tertiary/aromatic N) is 1. The molecule has 0 aromatic heterocycles. The Morgan fingerprint density at radius 3 is 2.44 bits per heavy atom. The highest BCUT2D eigenvalue weighted by Gasteiger charge is 2.50. The van der Waals surface area contributed by atoms with Gasteiger partial charge in [-0.25, -0.2) is 9.59 Å². The van der Waals surface area contributed by atoms with Gasteiger partial charge in [0.2, 0.25) is 0 Å². The molecule has 1 atom stereocenters. The number of hydrazine groups is 1. The van der Waals surface area contributed by atoms with Crippen molar-refractivity contribution in [2.45, 2.75) is 12.5 Å². The van der Waals surface area contributed by atoms with Crippen LogP contribution in [0.5, 0.6) is 0 Å². The van der Waals surface area contributed by atoms with Gasteiger partial charge in [0.25, 0.3) is 11.8 Å². The van der Waals surface area contributed by atoms with Gasteiger partial charge in [-0.05, 0) is 30.7 Å². The molecule has 1 aliphatic rings. The van der Waals surface area contributed by atoms with E-state index in [9.17, 15) is 19.2 Å². The van der Waals surface area contributed by atoms with Crippen LogP contribution in [0.4, 0.5) is 15.3 Å². The summed E-state index contributed by atoms with van der Waals surface area (Å²) in [7, 11) is 0. The fourth-order valence-corrected chi connectivity index (χ4v) is 2.75. The Labute approximate surface area is 154 Å². The quantitative estimate of drug-likeness (QED) is 0.606. The molecule has 3 rings (SSSR count). The van der Waals surface area contributed by atoms with Gasteiger partial charge in [-0.3, -0.25) is 15.0 Å². The third kappa shape index (κ3) is 3.43. The third-order valence-corrected chi connectivity index (χ3v) is 4.15. The number of rotatable bonds is 4. The summed E-state index contributed by atoms with van der Waals surface area (Å²) in [6.07, 6.45) is 0. The van der Waals surface area contributed by atoms with Crippen LogP contribution in [0.3, 0.4) is 0 Å². The van der Waals surface area contributed by atoms with Crippen LogP contribution in [-0.4, -0.2) is 28.9 Å². The highest BCUT2D eigenvalue weighted by molar-refractivity contribution is 6.09. The first-order valence-corrected chi connectivity index (χ1v) is 8.01. The first-order valence-electron chi connectivity index (χ1n) is 8.01. The van der Waals surface area contributed by atoms with E-state index >= 15 is 0 Å². The fourth-order valence-electron chi connectivity index (χ4n) is 2.75. The molecular formula is C18H17N5O4. The number of amides is 6. The molecule has 6 amide bonds. The van der Waals surface area contributed by atoms with Gasteiger partial charge in [-0.1, -0.05) is 36.4 Å². The van der Waals surface area contributed by atoms with Crippen molar-refractivity contribution in [1.29, 1.82) is 0 Å². The second-order valence-corrected chi connectivity index (χ2v) is 6.07. The van der Waals surface area contributed by atoms with Gasteiger partial charge in [-0.15, -0.1) is 0 Å². The normalized spacial score (nSPS) is 18.8. The van der Waals surface area contributed by atoms with E-state index in [0.29, 0.717) is 16.3 Å². The first-order chi connectivity index (χ1) is 12.8. The number of nitrogens with one attached hydrogen (secondary N) is 3. The molecule has 27 heavy (non-hydrogen) atoms. The zero-order chi connectivity index (χ0) is 19.6. The van der Waals surface area contributed by atoms with Crippen LogP contribution in [0.25, 0.3) is 0 Å². The van der Waals surface area contributed by atoms with Gasteiger partial charge in [0.1, 0.15) is 5.54 Å². The molecule has 1 unspecified atom stereocenters. The van der Waals surface area contributed by atoms with Crippen LogP contribution in [0, 0.1) is 0 Å². The summed E-state index contributed by atoms with van der Waals surface area (Å²) in [6, 6.07) is 13.1. The topological polar surface area (TPSA) is 134 Å². The molecule has 138 valence electrons. The zero-order valence-corrected chi connectivity index (χ0v) is 14.4. The number of anilines is 1. The second-order valence-electron chi connectivity index (χ2n) is 6.07. The van der Waals surface area contributed by atoms with Crippen molar-refractivity contribution >= 4 is 29.6 Å². The summed E-state index contributed by atoms with van der Waals surface area (Å²) in [5, 5.41) is 5.58. The summed E-state index contributed by atoms with van der Waals surface area (Å²) in [6.45, 7) is 1.56. The SMILES string of the molecule is CC1(c2ccccc2)NC(=O)N(NC(=O)c2cccc(NC(N)=O)c2)C1=O. The third-order valence-electron chi connectivity index (χ3n) is 4.15.